The molecule has 0 saturated carbocycles. The number of nitrogens with zero attached hydrogens (tertiary/aromatic N) is 1. The molecule has 1 atom stereocenters. The van der Waals surface area contributed by atoms with E-state index in [0.29, 0.717) is 5.41 Å². The van der Waals surface area contributed by atoms with Crippen LogP contribution in [0.2, 0.25) is 0 Å². The van der Waals surface area contributed by atoms with Crippen molar-refractivity contribution in [3.8, 4) is 0 Å². The molecule has 0 fully saturated rings. The summed E-state index contributed by atoms with van der Waals surface area (Å²) in [4.78, 5) is 2.59. The van der Waals surface area contributed by atoms with Gasteiger partial charge in [-0.25, -0.2) is 0 Å². The predicted molar refractivity (Wildman–Crippen MR) is 65.7 cm³/mol. The lowest BCUT2D eigenvalue weighted by Gasteiger charge is -2.34. The first kappa shape index (κ1) is 14.0. The summed E-state index contributed by atoms with van der Waals surface area (Å²) in [6, 6.07) is 0.731. The van der Waals surface area contributed by atoms with Crippen LogP contribution in [0.5, 0.6) is 0 Å². The normalized spacial score (nSPS) is 14.8. The van der Waals surface area contributed by atoms with E-state index in [1.165, 1.54) is 32.4 Å². The van der Waals surface area contributed by atoms with Gasteiger partial charge in [0.05, 0.1) is 0 Å². The molecular weight excluding hydrogens is 170 g/mol. The first-order valence-electron chi connectivity index (χ1n) is 6.20. The quantitative estimate of drug-likeness (QED) is 0.600. The van der Waals surface area contributed by atoms with Crippen molar-refractivity contribution in [1.29, 1.82) is 0 Å². The van der Waals surface area contributed by atoms with E-state index in [1.54, 1.807) is 0 Å². The Morgan fingerprint density at radius 3 is 2.07 bits per heavy atom. The monoisotopic (exact) mass is 199 g/mol. The molecule has 14 heavy (non-hydrogen) atoms. The molecule has 0 aliphatic heterocycles. The molecule has 0 amide bonds. The Morgan fingerprint density at radius 2 is 1.71 bits per heavy atom. The van der Waals surface area contributed by atoms with Crippen LogP contribution in [0.3, 0.4) is 0 Å². The second-order valence-corrected chi connectivity index (χ2v) is 5.20. The standard InChI is InChI=1S/C13H29N/c1-7-10-14(9-3)12(4)11-13(5,6)8-2/h12H,7-11H2,1-6H3. The summed E-state index contributed by atoms with van der Waals surface area (Å²) < 4.78 is 0. The molecule has 0 bridgehead atoms. The van der Waals surface area contributed by atoms with Gasteiger partial charge in [-0.15, -0.1) is 0 Å². The lowest BCUT2D eigenvalue weighted by molar-refractivity contribution is 0.156. The van der Waals surface area contributed by atoms with Gasteiger partial charge in [0.25, 0.3) is 0 Å². The molecule has 0 heterocycles. The zero-order valence-electron chi connectivity index (χ0n) is 11.1. The second kappa shape index (κ2) is 6.44. The van der Waals surface area contributed by atoms with Gasteiger partial charge in [-0.1, -0.05) is 41.0 Å². The third-order valence-corrected chi connectivity index (χ3v) is 3.35. The zero-order valence-corrected chi connectivity index (χ0v) is 11.1. The Labute approximate surface area is 90.9 Å². The number of hydrogen-bond acceptors (Lipinski definition) is 1. The van der Waals surface area contributed by atoms with E-state index >= 15 is 0 Å². The van der Waals surface area contributed by atoms with E-state index in [4.69, 9.17) is 0 Å². The summed E-state index contributed by atoms with van der Waals surface area (Å²) in [6.45, 7) is 16.4. The molecule has 0 N–H and O–H groups in total. The average molecular weight is 199 g/mol. The Hall–Kier alpha value is -0.0400. The maximum atomic E-state index is 2.59. The topological polar surface area (TPSA) is 3.24 Å². The van der Waals surface area contributed by atoms with Gasteiger partial charge in [-0.05, 0) is 38.3 Å². The summed E-state index contributed by atoms with van der Waals surface area (Å²) >= 11 is 0. The minimum atomic E-state index is 0.501. The second-order valence-electron chi connectivity index (χ2n) is 5.20. The Morgan fingerprint density at radius 1 is 1.14 bits per heavy atom. The molecule has 0 aliphatic carbocycles. The van der Waals surface area contributed by atoms with E-state index in [-0.39, 0.29) is 0 Å². The van der Waals surface area contributed by atoms with Crippen molar-refractivity contribution in [1.82, 2.24) is 4.90 Å². The maximum Gasteiger partial charge on any atom is 0.00718 e. The first-order valence-corrected chi connectivity index (χ1v) is 6.20. The average Bonchev–Trinajstić information content (AvgIpc) is 2.13. The van der Waals surface area contributed by atoms with Crippen LogP contribution in [0, 0.1) is 5.41 Å². The highest BCUT2D eigenvalue weighted by molar-refractivity contribution is 4.75. The third kappa shape index (κ3) is 4.99. The molecule has 1 heteroatoms. The van der Waals surface area contributed by atoms with Crippen LogP contribution >= 0.6 is 0 Å². The minimum absolute atomic E-state index is 0.501. The van der Waals surface area contributed by atoms with E-state index in [2.05, 4.69) is 46.4 Å². The molecule has 0 aromatic rings. The molecule has 0 saturated heterocycles. The van der Waals surface area contributed by atoms with Crippen LogP contribution in [0.25, 0.3) is 0 Å². The molecule has 1 nitrogen and oxygen atoms in total. The molecule has 1 unspecified atom stereocenters. The van der Waals surface area contributed by atoms with Crippen LogP contribution in [-0.2, 0) is 0 Å². The van der Waals surface area contributed by atoms with E-state index in [1.807, 2.05) is 0 Å². The lowest BCUT2D eigenvalue weighted by Crippen LogP contribution is -2.36. The van der Waals surface area contributed by atoms with Crippen LogP contribution in [0.1, 0.15) is 60.8 Å². The first-order chi connectivity index (χ1) is 6.46. The van der Waals surface area contributed by atoms with Gasteiger partial charge >= 0.3 is 0 Å². The summed E-state index contributed by atoms with van der Waals surface area (Å²) in [6.07, 6.45) is 3.86. The molecule has 0 spiro atoms. The zero-order chi connectivity index (χ0) is 11.2. The van der Waals surface area contributed by atoms with Crippen LogP contribution < -0.4 is 0 Å². The molecule has 0 radical (unpaired) electrons. The summed E-state index contributed by atoms with van der Waals surface area (Å²) in [5.41, 5.74) is 0.501. The Kier molecular flexibility index (Phi) is 6.43. The van der Waals surface area contributed by atoms with Crippen molar-refractivity contribution in [3.63, 3.8) is 0 Å². The van der Waals surface area contributed by atoms with Crippen LogP contribution in [0.15, 0.2) is 0 Å². The van der Waals surface area contributed by atoms with Gasteiger partial charge in [-0.3, -0.25) is 0 Å². The SMILES string of the molecule is CCCN(CC)C(C)CC(C)(C)CC. The third-order valence-electron chi connectivity index (χ3n) is 3.35. The van der Waals surface area contributed by atoms with Crippen molar-refractivity contribution in [2.24, 2.45) is 5.41 Å². The fourth-order valence-electron chi connectivity index (χ4n) is 2.05. The summed E-state index contributed by atoms with van der Waals surface area (Å²) in [5, 5.41) is 0. The van der Waals surface area contributed by atoms with Gasteiger partial charge in [0.1, 0.15) is 0 Å². The van der Waals surface area contributed by atoms with E-state index in [0.717, 1.165) is 6.04 Å². The molecule has 86 valence electrons. The highest BCUT2D eigenvalue weighted by atomic mass is 15.1. The van der Waals surface area contributed by atoms with Gasteiger partial charge in [0.15, 0.2) is 0 Å². The molecule has 0 aromatic heterocycles. The Bertz CT molecular complexity index is 140. The summed E-state index contributed by atoms with van der Waals surface area (Å²) in [7, 11) is 0. The van der Waals surface area contributed by atoms with Gasteiger partial charge in [0.2, 0.25) is 0 Å². The molecule has 0 aromatic carbocycles. The van der Waals surface area contributed by atoms with Crippen molar-refractivity contribution in [2.45, 2.75) is 66.8 Å². The number of hydrogen-bond donors (Lipinski definition) is 0. The highest BCUT2D eigenvalue weighted by Gasteiger charge is 2.21. The highest BCUT2D eigenvalue weighted by Crippen LogP contribution is 2.27. The van der Waals surface area contributed by atoms with Crippen molar-refractivity contribution in [2.75, 3.05) is 13.1 Å². The maximum absolute atomic E-state index is 2.59. The predicted octanol–water partition coefficient (Wildman–Crippen LogP) is 3.93. The van der Waals surface area contributed by atoms with Crippen molar-refractivity contribution in [3.05, 3.63) is 0 Å². The molecule has 0 rings (SSSR count). The van der Waals surface area contributed by atoms with Gasteiger partial charge in [-0.2, -0.15) is 0 Å². The smallest absolute Gasteiger partial charge is 0.00718 e. The van der Waals surface area contributed by atoms with E-state index < -0.39 is 0 Å². The van der Waals surface area contributed by atoms with Gasteiger partial charge < -0.3 is 4.90 Å². The van der Waals surface area contributed by atoms with Crippen molar-refractivity contribution < 1.29 is 0 Å². The van der Waals surface area contributed by atoms with E-state index in [9.17, 15) is 0 Å². The van der Waals surface area contributed by atoms with Gasteiger partial charge in [0, 0.05) is 6.04 Å². The van der Waals surface area contributed by atoms with Crippen molar-refractivity contribution >= 4 is 0 Å². The minimum Gasteiger partial charge on any atom is -0.301 e. The van der Waals surface area contributed by atoms with Crippen LogP contribution in [-0.4, -0.2) is 24.0 Å². The molecule has 0 aliphatic rings. The summed E-state index contributed by atoms with van der Waals surface area (Å²) in [5.74, 6) is 0. The largest absolute Gasteiger partial charge is 0.301 e. The Balaban J connectivity index is 4.09. The van der Waals surface area contributed by atoms with Crippen LogP contribution in [0.4, 0.5) is 0 Å². The fraction of sp³-hybridized carbons (Fsp3) is 1.00. The fourth-order valence-corrected chi connectivity index (χ4v) is 2.05. The number of rotatable bonds is 7. The lowest BCUT2D eigenvalue weighted by atomic mass is 9.83. The molecular formula is C13H29N.